The van der Waals surface area contributed by atoms with Crippen LogP contribution >= 0.6 is 22.7 Å². The lowest BCUT2D eigenvalue weighted by atomic mass is 10.2. The van der Waals surface area contributed by atoms with E-state index in [1.165, 1.54) is 0 Å². The Hall–Kier alpha value is -2.80. The molecule has 9 nitrogen and oxygen atoms in total. The molecule has 0 fully saturated rings. The fourth-order valence-electron chi connectivity index (χ4n) is 1.37. The summed E-state index contributed by atoms with van der Waals surface area (Å²) in [6.07, 6.45) is -0.163. The number of ether oxygens (including phenoxy) is 1. The standard InChI is InChI=1S/C9H11FN2O3S.C6H5FN2O2S.2CH4/c1-9(2,3)15-8(14)12-7-11-6(10)5(4-13)16-7;1-3(11)8-6-9-5(7)4(2-10)12-6;;/h4H,1-3H3,(H,11,12,14);2H,1H3,(H,8,9,11);2*1H4/i;1D3;;. The second-order valence-electron chi connectivity index (χ2n) is 5.66. The SMILES string of the molecule is C.C.CC(C)(C)OC(=O)Nc1nc(F)c(C=O)s1.[2H]C([2H])([2H])C(=O)Nc1nc(F)c(C=O)s1. The van der Waals surface area contributed by atoms with Crippen LogP contribution in [-0.4, -0.2) is 40.1 Å². The highest BCUT2D eigenvalue weighted by Gasteiger charge is 2.18. The van der Waals surface area contributed by atoms with Gasteiger partial charge < -0.3 is 10.1 Å². The van der Waals surface area contributed by atoms with Crippen LogP contribution in [0.3, 0.4) is 0 Å². The second kappa shape index (κ2) is 12.7. The Bertz CT molecular complexity index is 975. The average molecular weight is 470 g/mol. The fraction of sp³-hybridized carbons (Fsp3) is 0.412. The van der Waals surface area contributed by atoms with Gasteiger partial charge in [0.1, 0.15) is 15.4 Å². The zero-order chi connectivity index (χ0) is 24.0. The molecule has 0 aliphatic carbocycles. The van der Waals surface area contributed by atoms with Crippen LogP contribution in [0.5, 0.6) is 0 Å². The van der Waals surface area contributed by atoms with Gasteiger partial charge in [-0.25, -0.2) is 4.79 Å². The molecule has 2 aromatic rings. The minimum Gasteiger partial charge on any atom is -0.444 e. The van der Waals surface area contributed by atoms with Gasteiger partial charge in [-0.15, -0.1) is 0 Å². The number of amides is 2. The van der Waals surface area contributed by atoms with Gasteiger partial charge in [0.25, 0.3) is 0 Å². The second-order valence-corrected chi connectivity index (χ2v) is 7.73. The minimum atomic E-state index is -2.83. The van der Waals surface area contributed by atoms with Crippen molar-refractivity contribution in [2.45, 2.75) is 48.1 Å². The maximum Gasteiger partial charge on any atom is 0.413 e. The number of hydrogen-bond acceptors (Lipinski definition) is 9. The summed E-state index contributed by atoms with van der Waals surface area (Å²) in [5.74, 6) is -3.20. The lowest BCUT2D eigenvalue weighted by molar-refractivity contribution is -0.114. The van der Waals surface area contributed by atoms with Crippen LogP contribution in [0.25, 0.3) is 0 Å². The predicted octanol–water partition coefficient (Wildman–Crippen LogP) is 4.77. The van der Waals surface area contributed by atoms with Gasteiger partial charge in [-0.05, 0) is 20.8 Å². The molecule has 168 valence electrons. The molecule has 0 spiro atoms. The van der Waals surface area contributed by atoms with Gasteiger partial charge in [-0.2, -0.15) is 18.7 Å². The number of nitrogens with zero attached hydrogens (tertiary/aromatic N) is 2. The van der Waals surface area contributed by atoms with Crippen molar-refractivity contribution in [3.8, 4) is 0 Å². The molecule has 2 heterocycles. The fourth-order valence-corrected chi connectivity index (χ4v) is 2.67. The minimum absolute atomic E-state index is 0. The number of nitrogens with one attached hydrogen (secondary N) is 2. The van der Waals surface area contributed by atoms with Gasteiger partial charge in [0, 0.05) is 11.0 Å². The quantitative estimate of drug-likeness (QED) is 0.618. The Morgan fingerprint density at radius 3 is 1.77 bits per heavy atom. The highest BCUT2D eigenvalue weighted by Crippen LogP contribution is 2.21. The molecule has 30 heavy (non-hydrogen) atoms. The Balaban J connectivity index is 0. The number of aldehydes is 2. The predicted molar refractivity (Wildman–Crippen MR) is 113 cm³/mol. The van der Waals surface area contributed by atoms with E-state index in [1.807, 2.05) is 5.32 Å². The summed E-state index contributed by atoms with van der Waals surface area (Å²) in [6.45, 7) is 2.27. The number of rotatable bonds is 4. The number of halogens is 2. The number of aromatic nitrogens is 2. The molecule has 2 amide bonds. The molecule has 0 unspecified atom stereocenters. The molecule has 0 atom stereocenters. The largest absolute Gasteiger partial charge is 0.444 e. The van der Waals surface area contributed by atoms with Gasteiger partial charge in [0.15, 0.2) is 22.8 Å². The Kier molecular flexibility index (Phi) is 9.94. The molecule has 0 saturated heterocycles. The number of carbonyl (C=O) groups excluding carboxylic acids is 4. The van der Waals surface area contributed by atoms with Crippen molar-refractivity contribution in [2.75, 3.05) is 10.6 Å². The number of hydrogen-bond donors (Lipinski definition) is 2. The van der Waals surface area contributed by atoms with Gasteiger partial charge in [-0.1, -0.05) is 37.5 Å². The van der Waals surface area contributed by atoms with Crippen LogP contribution in [0.15, 0.2) is 0 Å². The molecule has 0 aliphatic heterocycles. The van der Waals surface area contributed by atoms with Crippen molar-refractivity contribution < 1.29 is 36.8 Å². The van der Waals surface area contributed by atoms with Crippen molar-refractivity contribution in [3.05, 3.63) is 21.6 Å². The molecule has 2 N–H and O–H groups in total. The Labute approximate surface area is 185 Å². The van der Waals surface area contributed by atoms with Gasteiger partial charge >= 0.3 is 6.09 Å². The highest BCUT2D eigenvalue weighted by molar-refractivity contribution is 7.17. The molecule has 0 aliphatic rings. The van der Waals surface area contributed by atoms with E-state index in [0.29, 0.717) is 17.6 Å². The first kappa shape index (κ1) is 23.5. The molecule has 0 aromatic carbocycles. The third kappa shape index (κ3) is 10.1. The first-order chi connectivity index (χ1) is 14.2. The molecule has 2 aromatic heterocycles. The van der Waals surface area contributed by atoms with Gasteiger partial charge in [0.2, 0.25) is 17.8 Å². The summed E-state index contributed by atoms with van der Waals surface area (Å²) in [5, 5.41) is 3.87. The normalized spacial score (nSPS) is 11.6. The molecule has 0 saturated carbocycles. The Morgan fingerprint density at radius 1 is 1.00 bits per heavy atom. The zero-order valence-electron chi connectivity index (χ0n) is 17.7. The number of thiazole rings is 2. The lowest BCUT2D eigenvalue weighted by Gasteiger charge is -2.18. The first-order valence-electron chi connectivity index (χ1n) is 8.70. The van der Waals surface area contributed by atoms with E-state index in [4.69, 9.17) is 8.85 Å². The maximum atomic E-state index is 12.9. The van der Waals surface area contributed by atoms with Crippen molar-refractivity contribution in [1.29, 1.82) is 0 Å². The topological polar surface area (TPSA) is 127 Å². The molecule has 0 bridgehead atoms. The Morgan fingerprint density at radius 2 is 1.43 bits per heavy atom. The summed E-state index contributed by atoms with van der Waals surface area (Å²) in [6, 6.07) is 0. The van der Waals surface area contributed by atoms with E-state index in [0.717, 1.165) is 11.3 Å². The summed E-state index contributed by atoms with van der Waals surface area (Å²) >= 11 is 1.32. The third-order valence-corrected chi connectivity index (χ3v) is 4.00. The van der Waals surface area contributed by atoms with Crippen molar-refractivity contribution >= 4 is 57.5 Å². The molecular weight excluding hydrogens is 442 g/mol. The average Bonchev–Trinajstić information content (AvgIpc) is 3.14. The summed E-state index contributed by atoms with van der Waals surface area (Å²) in [5.41, 5.74) is -0.645. The number of anilines is 2. The van der Waals surface area contributed by atoms with Crippen molar-refractivity contribution in [1.82, 2.24) is 9.97 Å². The summed E-state index contributed by atoms with van der Waals surface area (Å²) in [7, 11) is 0. The molecular formula is C17H24F2N4O5S2. The van der Waals surface area contributed by atoms with Gasteiger partial charge in [-0.3, -0.25) is 19.7 Å². The summed E-state index contributed by atoms with van der Waals surface area (Å²) < 4.78 is 50.7. The lowest BCUT2D eigenvalue weighted by Crippen LogP contribution is -2.27. The van der Waals surface area contributed by atoms with Crippen LogP contribution in [-0.2, 0) is 9.53 Å². The first-order valence-corrected chi connectivity index (χ1v) is 8.84. The molecule has 13 heteroatoms. The van der Waals surface area contributed by atoms with Crippen LogP contribution in [0.4, 0.5) is 23.8 Å². The van der Waals surface area contributed by atoms with Crippen molar-refractivity contribution in [2.24, 2.45) is 0 Å². The van der Waals surface area contributed by atoms with Crippen LogP contribution in [0.1, 0.15) is 65.9 Å². The van der Waals surface area contributed by atoms with E-state index >= 15 is 0 Å². The highest BCUT2D eigenvalue weighted by atomic mass is 32.1. The van der Waals surface area contributed by atoms with Gasteiger partial charge in [0.05, 0.1) is 0 Å². The molecule has 2 rings (SSSR count). The van der Waals surface area contributed by atoms with E-state index in [-0.39, 0.29) is 41.2 Å². The van der Waals surface area contributed by atoms with E-state index in [9.17, 15) is 28.0 Å². The van der Waals surface area contributed by atoms with Crippen LogP contribution in [0.2, 0.25) is 0 Å². The smallest absolute Gasteiger partial charge is 0.413 e. The van der Waals surface area contributed by atoms with Crippen molar-refractivity contribution in [3.63, 3.8) is 0 Å². The van der Waals surface area contributed by atoms with E-state index in [2.05, 4.69) is 15.3 Å². The summed E-state index contributed by atoms with van der Waals surface area (Å²) in [4.78, 5) is 48.8. The monoisotopic (exact) mass is 469 g/mol. The van der Waals surface area contributed by atoms with Crippen LogP contribution < -0.4 is 10.6 Å². The zero-order valence-corrected chi connectivity index (χ0v) is 16.3. The third-order valence-electron chi connectivity index (χ3n) is 2.26. The number of carbonyl (C=O) groups is 4. The van der Waals surface area contributed by atoms with E-state index < -0.39 is 36.3 Å². The molecule has 0 radical (unpaired) electrons. The van der Waals surface area contributed by atoms with E-state index in [1.54, 1.807) is 20.8 Å². The maximum absolute atomic E-state index is 12.9. The van der Waals surface area contributed by atoms with Crippen LogP contribution in [0, 0.1) is 11.9 Å².